The second kappa shape index (κ2) is 6.89. The number of nitrogens with zero attached hydrogens (tertiary/aromatic N) is 2. The highest BCUT2D eigenvalue weighted by Gasteiger charge is 2.49. The van der Waals surface area contributed by atoms with Crippen LogP contribution < -0.4 is 10.1 Å². The fourth-order valence-corrected chi connectivity index (χ4v) is 3.21. The molecule has 0 aliphatic carbocycles. The standard InChI is InChI=1S/C17H19F2N3O4/c1-17(11-4-6-12(7-5-11)26-15(18)19)14(24)22(16(25)20-17)10-13(23)21-8-2-3-9-21/h4-7,15H,2-3,8-10H2,1H3,(H,20,25). The lowest BCUT2D eigenvalue weighted by atomic mass is 9.92. The zero-order valence-electron chi connectivity index (χ0n) is 14.2. The van der Waals surface area contributed by atoms with Crippen molar-refractivity contribution >= 4 is 17.8 Å². The van der Waals surface area contributed by atoms with Crippen molar-refractivity contribution in [1.29, 1.82) is 0 Å². The molecule has 1 N–H and O–H groups in total. The predicted molar refractivity (Wildman–Crippen MR) is 86.5 cm³/mol. The van der Waals surface area contributed by atoms with Gasteiger partial charge in [-0.25, -0.2) is 4.79 Å². The Bertz CT molecular complexity index is 719. The molecule has 2 aliphatic heterocycles. The Labute approximate surface area is 148 Å². The number of benzene rings is 1. The maximum absolute atomic E-state index is 12.8. The fraction of sp³-hybridized carbons (Fsp3) is 0.471. The van der Waals surface area contributed by atoms with Gasteiger partial charge in [-0.15, -0.1) is 0 Å². The summed E-state index contributed by atoms with van der Waals surface area (Å²) >= 11 is 0. The van der Waals surface area contributed by atoms with E-state index in [0.29, 0.717) is 18.7 Å². The van der Waals surface area contributed by atoms with Crippen molar-refractivity contribution < 1.29 is 27.9 Å². The number of likely N-dealkylation sites (tertiary alicyclic amines) is 1. The number of rotatable bonds is 5. The van der Waals surface area contributed by atoms with E-state index in [1.807, 2.05) is 0 Å². The van der Waals surface area contributed by atoms with Crippen LogP contribution in [0.25, 0.3) is 0 Å². The van der Waals surface area contributed by atoms with Gasteiger partial charge in [-0.2, -0.15) is 8.78 Å². The lowest BCUT2D eigenvalue weighted by Gasteiger charge is -2.23. The van der Waals surface area contributed by atoms with Gasteiger partial charge in [-0.05, 0) is 37.5 Å². The smallest absolute Gasteiger partial charge is 0.387 e. The first-order valence-corrected chi connectivity index (χ1v) is 8.28. The predicted octanol–water partition coefficient (Wildman–Crippen LogP) is 1.68. The second-order valence-corrected chi connectivity index (χ2v) is 6.44. The molecule has 1 unspecified atom stereocenters. The molecule has 2 saturated heterocycles. The molecule has 2 fully saturated rings. The van der Waals surface area contributed by atoms with Crippen LogP contribution in [0.2, 0.25) is 0 Å². The Morgan fingerprint density at radius 3 is 2.42 bits per heavy atom. The van der Waals surface area contributed by atoms with E-state index in [1.54, 1.807) is 4.90 Å². The number of alkyl halides is 2. The number of carbonyl (C=O) groups excluding carboxylic acids is 3. The first kappa shape index (κ1) is 18.1. The van der Waals surface area contributed by atoms with Crippen molar-refractivity contribution in [2.24, 2.45) is 0 Å². The number of urea groups is 1. The summed E-state index contributed by atoms with van der Waals surface area (Å²) in [5.41, 5.74) is -0.959. The third-order valence-electron chi connectivity index (χ3n) is 4.68. The molecule has 4 amide bonds. The maximum Gasteiger partial charge on any atom is 0.387 e. The highest BCUT2D eigenvalue weighted by Crippen LogP contribution is 2.30. The Balaban J connectivity index is 1.74. The molecule has 2 aliphatic rings. The fourth-order valence-electron chi connectivity index (χ4n) is 3.21. The van der Waals surface area contributed by atoms with Gasteiger partial charge in [0.25, 0.3) is 5.91 Å². The molecule has 3 rings (SSSR count). The monoisotopic (exact) mass is 367 g/mol. The molecule has 0 radical (unpaired) electrons. The van der Waals surface area contributed by atoms with Crippen LogP contribution in [0.15, 0.2) is 24.3 Å². The molecule has 140 valence electrons. The van der Waals surface area contributed by atoms with Crippen molar-refractivity contribution in [3.8, 4) is 5.75 Å². The topological polar surface area (TPSA) is 79.0 Å². The van der Waals surface area contributed by atoms with Crippen molar-refractivity contribution in [3.05, 3.63) is 29.8 Å². The third kappa shape index (κ3) is 3.33. The zero-order valence-corrected chi connectivity index (χ0v) is 14.2. The number of nitrogens with one attached hydrogen (secondary N) is 1. The van der Waals surface area contributed by atoms with Gasteiger partial charge in [0.15, 0.2) is 0 Å². The largest absolute Gasteiger partial charge is 0.435 e. The molecule has 1 aromatic rings. The second-order valence-electron chi connectivity index (χ2n) is 6.44. The number of imide groups is 1. The quantitative estimate of drug-likeness (QED) is 0.803. The van der Waals surface area contributed by atoms with E-state index in [4.69, 9.17) is 0 Å². The highest BCUT2D eigenvalue weighted by molar-refractivity contribution is 6.09. The van der Waals surface area contributed by atoms with Crippen LogP contribution in [-0.4, -0.2) is 53.9 Å². The number of carbonyl (C=O) groups is 3. The minimum atomic E-state index is -2.95. The van der Waals surface area contributed by atoms with Gasteiger partial charge in [0.05, 0.1) is 0 Å². The molecule has 0 saturated carbocycles. The van der Waals surface area contributed by atoms with E-state index < -0.39 is 24.1 Å². The van der Waals surface area contributed by atoms with Crippen molar-refractivity contribution in [1.82, 2.24) is 15.1 Å². The minimum absolute atomic E-state index is 0.0508. The summed E-state index contributed by atoms with van der Waals surface area (Å²) in [7, 11) is 0. The lowest BCUT2D eigenvalue weighted by molar-refractivity contribution is -0.138. The van der Waals surface area contributed by atoms with E-state index in [9.17, 15) is 23.2 Å². The molecule has 9 heteroatoms. The third-order valence-corrected chi connectivity index (χ3v) is 4.68. The van der Waals surface area contributed by atoms with E-state index in [1.165, 1.54) is 31.2 Å². The average molecular weight is 367 g/mol. The Morgan fingerprint density at radius 2 is 1.85 bits per heavy atom. The Morgan fingerprint density at radius 1 is 1.23 bits per heavy atom. The van der Waals surface area contributed by atoms with Gasteiger partial charge in [0, 0.05) is 13.1 Å². The van der Waals surface area contributed by atoms with Crippen LogP contribution in [0, 0.1) is 0 Å². The SMILES string of the molecule is CC1(c2ccc(OC(F)F)cc2)NC(=O)N(CC(=O)N2CCCC2)C1=O. The molecule has 0 spiro atoms. The molecule has 7 nitrogen and oxygen atoms in total. The van der Waals surface area contributed by atoms with Crippen LogP contribution in [0.5, 0.6) is 5.75 Å². The van der Waals surface area contributed by atoms with E-state index in [-0.39, 0.29) is 18.2 Å². The molecule has 0 aromatic heterocycles. The normalized spacial score (nSPS) is 22.9. The van der Waals surface area contributed by atoms with Crippen molar-refractivity contribution in [2.75, 3.05) is 19.6 Å². The number of hydrogen-bond donors (Lipinski definition) is 1. The summed E-state index contributed by atoms with van der Waals surface area (Å²) in [6.45, 7) is -0.489. The van der Waals surface area contributed by atoms with E-state index >= 15 is 0 Å². The molecule has 1 atom stereocenters. The summed E-state index contributed by atoms with van der Waals surface area (Å²) in [5, 5.41) is 2.58. The lowest BCUT2D eigenvalue weighted by Crippen LogP contribution is -2.43. The van der Waals surface area contributed by atoms with Gasteiger partial charge >= 0.3 is 12.6 Å². The Hall–Kier alpha value is -2.71. The number of hydrogen-bond acceptors (Lipinski definition) is 4. The van der Waals surface area contributed by atoms with Gasteiger partial charge in [-0.3, -0.25) is 14.5 Å². The molecule has 2 heterocycles. The van der Waals surface area contributed by atoms with E-state index in [0.717, 1.165) is 17.7 Å². The summed E-state index contributed by atoms with van der Waals surface area (Å²) in [6, 6.07) is 4.80. The van der Waals surface area contributed by atoms with Gasteiger partial charge in [0.1, 0.15) is 17.8 Å². The number of ether oxygens (including phenoxy) is 1. The van der Waals surface area contributed by atoms with Crippen molar-refractivity contribution in [3.63, 3.8) is 0 Å². The van der Waals surface area contributed by atoms with Crippen LogP contribution in [0.4, 0.5) is 13.6 Å². The first-order chi connectivity index (χ1) is 12.3. The molecular weight excluding hydrogens is 348 g/mol. The number of amides is 4. The molecule has 1 aromatic carbocycles. The average Bonchev–Trinajstić information content (AvgIpc) is 3.19. The Kier molecular flexibility index (Phi) is 4.80. The van der Waals surface area contributed by atoms with Crippen LogP contribution in [-0.2, 0) is 15.1 Å². The summed E-state index contributed by atoms with van der Waals surface area (Å²) in [4.78, 5) is 39.8. The van der Waals surface area contributed by atoms with Gasteiger partial charge < -0.3 is 15.0 Å². The zero-order chi connectivity index (χ0) is 18.9. The summed E-state index contributed by atoms with van der Waals surface area (Å²) in [6.07, 6.45) is 1.83. The number of halogens is 2. The minimum Gasteiger partial charge on any atom is -0.435 e. The molecule has 0 bridgehead atoms. The van der Waals surface area contributed by atoms with Crippen LogP contribution in [0.3, 0.4) is 0 Å². The first-order valence-electron chi connectivity index (χ1n) is 8.28. The molecular formula is C17H19F2N3O4. The van der Waals surface area contributed by atoms with Gasteiger partial charge in [0.2, 0.25) is 5.91 Å². The van der Waals surface area contributed by atoms with Gasteiger partial charge in [-0.1, -0.05) is 12.1 Å². The molecule has 26 heavy (non-hydrogen) atoms. The summed E-state index contributed by atoms with van der Waals surface area (Å²) in [5.74, 6) is -0.876. The highest BCUT2D eigenvalue weighted by atomic mass is 19.3. The van der Waals surface area contributed by atoms with E-state index in [2.05, 4.69) is 10.1 Å². The van der Waals surface area contributed by atoms with Crippen LogP contribution >= 0.6 is 0 Å². The summed E-state index contributed by atoms with van der Waals surface area (Å²) < 4.78 is 28.7. The van der Waals surface area contributed by atoms with Crippen molar-refractivity contribution in [2.45, 2.75) is 31.9 Å². The maximum atomic E-state index is 12.8. The van der Waals surface area contributed by atoms with Crippen LogP contribution in [0.1, 0.15) is 25.3 Å².